The number of pyridine rings is 1. The normalized spacial score (nSPS) is 17.6. The SMILES string of the molecule is Cc1cc(-c2ccccc2)cc(C2CCCN(S(=O)(=O)c3ccc4[nH]c(=O)[nH]c4c3)C2)n1. The first-order valence-corrected chi connectivity index (χ1v) is 12.1. The van der Waals surface area contributed by atoms with E-state index in [1.165, 1.54) is 6.07 Å². The number of nitrogens with zero attached hydrogens (tertiary/aromatic N) is 2. The lowest BCUT2D eigenvalue weighted by Gasteiger charge is -2.32. The summed E-state index contributed by atoms with van der Waals surface area (Å²) in [6.07, 6.45) is 1.66. The minimum absolute atomic E-state index is 0.0247. The van der Waals surface area contributed by atoms with Gasteiger partial charge in [0.25, 0.3) is 0 Å². The van der Waals surface area contributed by atoms with Crippen molar-refractivity contribution in [2.75, 3.05) is 13.1 Å². The molecule has 1 unspecified atom stereocenters. The molecule has 2 aromatic heterocycles. The molecule has 0 saturated carbocycles. The second kappa shape index (κ2) is 8.03. The van der Waals surface area contributed by atoms with Crippen molar-refractivity contribution in [2.45, 2.75) is 30.6 Å². The van der Waals surface area contributed by atoms with E-state index in [-0.39, 0.29) is 16.5 Å². The highest BCUT2D eigenvalue weighted by Crippen LogP contribution is 2.32. The molecule has 1 aliphatic rings. The summed E-state index contributed by atoms with van der Waals surface area (Å²) in [5.41, 5.74) is 4.77. The molecule has 8 heteroatoms. The van der Waals surface area contributed by atoms with Gasteiger partial charge in [-0.25, -0.2) is 13.2 Å². The molecule has 3 heterocycles. The molecule has 0 radical (unpaired) electrons. The van der Waals surface area contributed by atoms with Gasteiger partial charge in [0.1, 0.15) is 0 Å². The molecule has 0 bridgehead atoms. The van der Waals surface area contributed by atoms with Crippen molar-refractivity contribution in [3.05, 3.63) is 82.5 Å². The molecular weight excluding hydrogens is 424 g/mol. The highest BCUT2D eigenvalue weighted by atomic mass is 32.2. The van der Waals surface area contributed by atoms with Gasteiger partial charge in [0, 0.05) is 30.4 Å². The maximum atomic E-state index is 13.4. The number of H-pyrrole nitrogens is 2. The highest BCUT2D eigenvalue weighted by molar-refractivity contribution is 7.89. The average Bonchev–Trinajstić information content (AvgIpc) is 3.18. The van der Waals surface area contributed by atoms with Crippen LogP contribution in [0.5, 0.6) is 0 Å². The third kappa shape index (κ3) is 3.87. The topological polar surface area (TPSA) is 98.9 Å². The number of rotatable bonds is 4. The van der Waals surface area contributed by atoms with E-state index in [2.05, 4.69) is 34.2 Å². The molecule has 0 amide bonds. The van der Waals surface area contributed by atoms with E-state index in [9.17, 15) is 13.2 Å². The smallest absolute Gasteiger partial charge is 0.306 e. The fraction of sp³-hybridized carbons (Fsp3) is 0.250. The molecule has 32 heavy (non-hydrogen) atoms. The van der Waals surface area contributed by atoms with E-state index in [0.29, 0.717) is 24.1 Å². The number of hydrogen-bond acceptors (Lipinski definition) is 4. The van der Waals surface area contributed by atoms with Gasteiger partial charge < -0.3 is 9.97 Å². The van der Waals surface area contributed by atoms with Crippen LogP contribution >= 0.6 is 0 Å². The highest BCUT2D eigenvalue weighted by Gasteiger charge is 2.32. The second-order valence-corrected chi connectivity index (χ2v) is 10.2. The minimum Gasteiger partial charge on any atom is -0.306 e. The fourth-order valence-electron chi connectivity index (χ4n) is 4.42. The number of nitrogens with one attached hydrogen (secondary N) is 2. The zero-order valence-corrected chi connectivity index (χ0v) is 18.5. The first kappa shape index (κ1) is 20.7. The Labute approximate surface area is 186 Å². The van der Waals surface area contributed by atoms with Crippen LogP contribution in [0, 0.1) is 6.92 Å². The van der Waals surface area contributed by atoms with Crippen molar-refractivity contribution >= 4 is 21.1 Å². The van der Waals surface area contributed by atoms with Crippen molar-refractivity contribution in [3.63, 3.8) is 0 Å². The lowest BCUT2D eigenvalue weighted by molar-refractivity contribution is 0.312. The summed E-state index contributed by atoms with van der Waals surface area (Å²) in [5.74, 6) is 0.0247. The van der Waals surface area contributed by atoms with Crippen LogP contribution in [0.15, 0.2) is 70.4 Å². The Morgan fingerprint density at radius 2 is 1.75 bits per heavy atom. The van der Waals surface area contributed by atoms with Gasteiger partial charge in [-0.3, -0.25) is 4.98 Å². The molecule has 2 N–H and O–H groups in total. The van der Waals surface area contributed by atoms with Gasteiger partial charge >= 0.3 is 5.69 Å². The summed E-state index contributed by atoms with van der Waals surface area (Å²) in [5, 5.41) is 0. The van der Waals surface area contributed by atoms with Crippen molar-refractivity contribution in [3.8, 4) is 11.1 Å². The number of aromatic nitrogens is 3. The summed E-state index contributed by atoms with van der Waals surface area (Å²) in [7, 11) is -3.69. The van der Waals surface area contributed by atoms with Crippen molar-refractivity contribution in [1.29, 1.82) is 0 Å². The van der Waals surface area contributed by atoms with Gasteiger partial charge in [0.2, 0.25) is 10.0 Å². The monoisotopic (exact) mass is 448 g/mol. The third-order valence-electron chi connectivity index (χ3n) is 6.01. The fourth-order valence-corrected chi connectivity index (χ4v) is 5.97. The Kier molecular flexibility index (Phi) is 5.19. The molecule has 164 valence electrons. The van der Waals surface area contributed by atoms with E-state index >= 15 is 0 Å². The summed E-state index contributed by atoms with van der Waals surface area (Å²) in [6.45, 7) is 2.83. The molecule has 1 atom stereocenters. The number of sulfonamides is 1. The number of piperidine rings is 1. The molecule has 2 aromatic carbocycles. The lowest BCUT2D eigenvalue weighted by atomic mass is 9.93. The molecule has 4 aromatic rings. The Morgan fingerprint density at radius 1 is 0.969 bits per heavy atom. The number of aryl methyl sites for hydroxylation is 1. The second-order valence-electron chi connectivity index (χ2n) is 8.28. The van der Waals surface area contributed by atoms with Crippen LogP contribution < -0.4 is 5.69 Å². The predicted octanol–water partition coefficient (Wildman–Crippen LogP) is 3.79. The third-order valence-corrected chi connectivity index (χ3v) is 7.87. The standard InChI is InChI=1S/C24H24N4O3S/c1-16-12-19(17-6-3-2-4-7-17)13-22(25-16)18-8-5-11-28(15-18)32(30,31)20-9-10-21-23(14-20)27-24(29)26-21/h2-4,6-7,9-10,12-14,18H,5,8,11,15H2,1H3,(H2,26,27,29). The maximum absolute atomic E-state index is 13.4. The molecule has 0 spiro atoms. The number of aromatic amines is 2. The van der Waals surface area contributed by atoms with Crippen LogP contribution in [-0.2, 0) is 10.0 Å². The van der Waals surface area contributed by atoms with Gasteiger partial charge in [0.15, 0.2) is 0 Å². The average molecular weight is 449 g/mol. The van der Waals surface area contributed by atoms with Gasteiger partial charge in [0.05, 0.1) is 15.9 Å². The minimum atomic E-state index is -3.69. The van der Waals surface area contributed by atoms with Crippen molar-refractivity contribution in [2.24, 2.45) is 0 Å². The zero-order valence-electron chi connectivity index (χ0n) is 17.7. The Morgan fingerprint density at radius 3 is 2.56 bits per heavy atom. The molecule has 7 nitrogen and oxygen atoms in total. The van der Waals surface area contributed by atoms with Gasteiger partial charge in [-0.15, -0.1) is 0 Å². The summed E-state index contributed by atoms with van der Waals surface area (Å²) in [4.78, 5) is 21.7. The Balaban J connectivity index is 1.45. The lowest BCUT2D eigenvalue weighted by Crippen LogP contribution is -2.39. The largest absolute Gasteiger partial charge is 0.323 e. The first-order valence-electron chi connectivity index (χ1n) is 10.7. The Bertz CT molecular complexity index is 1440. The van der Waals surface area contributed by atoms with Crippen LogP contribution in [0.2, 0.25) is 0 Å². The van der Waals surface area contributed by atoms with E-state index in [1.54, 1.807) is 16.4 Å². The Hall–Kier alpha value is -3.23. The van der Waals surface area contributed by atoms with Crippen LogP contribution in [0.4, 0.5) is 0 Å². The summed E-state index contributed by atoms with van der Waals surface area (Å²) >= 11 is 0. The van der Waals surface area contributed by atoms with E-state index in [4.69, 9.17) is 4.98 Å². The van der Waals surface area contributed by atoms with Crippen LogP contribution in [-0.4, -0.2) is 40.8 Å². The van der Waals surface area contributed by atoms with Crippen molar-refractivity contribution < 1.29 is 8.42 Å². The number of benzene rings is 2. The molecule has 5 rings (SSSR count). The summed E-state index contributed by atoms with van der Waals surface area (Å²) < 4.78 is 28.3. The predicted molar refractivity (Wildman–Crippen MR) is 124 cm³/mol. The number of imidazole rings is 1. The molecular formula is C24H24N4O3S. The van der Waals surface area contributed by atoms with Crippen LogP contribution in [0.25, 0.3) is 22.2 Å². The molecule has 1 aliphatic heterocycles. The van der Waals surface area contributed by atoms with E-state index < -0.39 is 10.0 Å². The first-order chi connectivity index (χ1) is 15.4. The quantitative estimate of drug-likeness (QED) is 0.496. The molecule has 1 saturated heterocycles. The van der Waals surface area contributed by atoms with E-state index in [1.807, 2.05) is 25.1 Å². The van der Waals surface area contributed by atoms with Gasteiger partial charge in [-0.05, 0) is 61.2 Å². The molecule has 0 aliphatic carbocycles. The van der Waals surface area contributed by atoms with Crippen LogP contribution in [0.3, 0.4) is 0 Å². The van der Waals surface area contributed by atoms with Crippen LogP contribution in [0.1, 0.15) is 30.1 Å². The number of fused-ring (bicyclic) bond motifs is 1. The van der Waals surface area contributed by atoms with Crippen molar-refractivity contribution in [1.82, 2.24) is 19.3 Å². The van der Waals surface area contributed by atoms with Gasteiger partial charge in [-0.2, -0.15) is 4.31 Å². The molecule has 1 fully saturated rings. The van der Waals surface area contributed by atoms with E-state index in [0.717, 1.165) is 35.4 Å². The summed E-state index contributed by atoms with van der Waals surface area (Å²) in [6, 6.07) is 19.0. The van der Waals surface area contributed by atoms with Gasteiger partial charge in [-0.1, -0.05) is 30.3 Å². The number of hydrogen-bond donors (Lipinski definition) is 2. The maximum Gasteiger partial charge on any atom is 0.323 e. The zero-order chi connectivity index (χ0) is 22.3.